The number of rotatable bonds is 3. The van der Waals surface area contributed by atoms with Crippen LogP contribution in [-0.2, 0) is 0 Å². The van der Waals surface area contributed by atoms with Crippen molar-refractivity contribution in [2.24, 2.45) is 0 Å². The summed E-state index contributed by atoms with van der Waals surface area (Å²) in [6, 6.07) is 3.91. The van der Waals surface area contributed by atoms with Crippen molar-refractivity contribution in [1.82, 2.24) is 19.8 Å². The molecule has 20 heavy (non-hydrogen) atoms. The molecule has 3 aromatic rings. The van der Waals surface area contributed by atoms with E-state index in [4.69, 9.17) is 13.6 Å². The van der Waals surface area contributed by atoms with Crippen molar-refractivity contribution in [3.8, 4) is 11.8 Å². The Balaban J connectivity index is 2.04. The van der Waals surface area contributed by atoms with Crippen molar-refractivity contribution in [3.05, 3.63) is 48.2 Å². The molecular formula is C13H10N4O3. The minimum Gasteiger partial charge on any atom is -0.480 e. The van der Waals surface area contributed by atoms with Gasteiger partial charge in [0.2, 0.25) is 11.8 Å². The molecule has 3 rings (SSSR count). The minimum atomic E-state index is -0.934. The Kier molecular flexibility index (Phi) is 2.24. The Bertz CT molecular complexity index is 913. The summed E-state index contributed by atoms with van der Waals surface area (Å²) < 4.78 is 34.4. The molecule has 0 atom stereocenters. The predicted octanol–water partition coefficient (Wildman–Crippen LogP) is 1.35. The molecule has 0 fully saturated rings. The molecule has 0 unspecified atom stereocenters. The molecule has 3 heterocycles. The van der Waals surface area contributed by atoms with Crippen LogP contribution in [0, 0.1) is 0 Å². The molecule has 0 N–H and O–H groups in total. The molecule has 0 saturated heterocycles. The summed E-state index contributed by atoms with van der Waals surface area (Å²) in [6.07, 6.45) is 1.04. The third kappa shape index (κ3) is 2.05. The maximum Gasteiger partial charge on any atom is 0.350 e. The second-order valence-electron chi connectivity index (χ2n) is 3.68. The first-order chi connectivity index (χ1) is 11.0. The number of carbonyl (C=O) groups is 1. The van der Waals surface area contributed by atoms with E-state index in [0.717, 1.165) is 0 Å². The second kappa shape index (κ2) is 4.96. The summed E-state index contributed by atoms with van der Waals surface area (Å²) in [7, 11) is 1.25. The van der Waals surface area contributed by atoms with E-state index in [-0.39, 0.29) is 17.3 Å². The zero-order valence-corrected chi connectivity index (χ0v) is 10.3. The highest BCUT2D eigenvalue weighted by Gasteiger charge is 2.16. The highest BCUT2D eigenvalue weighted by Crippen LogP contribution is 2.18. The second-order valence-corrected chi connectivity index (χ2v) is 3.68. The number of ether oxygens (including phenoxy) is 2. The minimum absolute atomic E-state index is 0.0907. The van der Waals surface area contributed by atoms with Crippen LogP contribution < -0.4 is 9.47 Å². The summed E-state index contributed by atoms with van der Waals surface area (Å²) in [6.45, 7) is 0. The lowest BCUT2D eigenvalue weighted by atomic mass is 10.3. The van der Waals surface area contributed by atoms with Gasteiger partial charge in [0.25, 0.3) is 0 Å². The van der Waals surface area contributed by atoms with Crippen molar-refractivity contribution in [3.63, 3.8) is 0 Å². The summed E-state index contributed by atoms with van der Waals surface area (Å²) in [5.41, 5.74) is 0.291. The maximum atomic E-state index is 12.4. The molecule has 0 aliphatic rings. The van der Waals surface area contributed by atoms with Crippen molar-refractivity contribution >= 4 is 11.5 Å². The highest BCUT2D eigenvalue weighted by molar-refractivity contribution is 5.93. The predicted molar refractivity (Wildman–Crippen MR) is 68.7 cm³/mol. The molecule has 7 heteroatoms. The summed E-state index contributed by atoms with van der Waals surface area (Å²) >= 11 is 0. The van der Waals surface area contributed by atoms with Gasteiger partial charge in [-0.1, -0.05) is 11.3 Å². The van der Waals surface area contributed by atoms with Gasteiger partial charge in [0.15, 0.2) is 0 Å². The van der Waals surface area contributed by atoms with Crippen LogP contribution in [0.25, 0.3) is 5.52 Å². The molecule has 0 spiro atoms. The average Bonchev–Trinajstić information content (AvgIpc) is 3.01. The van der Waals surface area contributed by atoms with Gasteiger partial charge in [0.1, 0.15) is 5.56 Å². The third-order valence-electron chi connectivity index (χ3n) is 2.50. The van der Waals surface area contributed by atoms with E-state index in [1.807, 2.05) is 0 Å². The van der Waals surface area contributed by atoms with Crippen LogP contribution in [0.2, 0.25) is 0 Å². The molecule has 0 radical (unpaired) electrons. The van der Waals surface area contributed by atoms with E-state index in [0.29, 0.717) is 5.52 Å². The molecule has 0 amide bonds. The van der Waals surface area contributed by atoms with Crippen LogP contribution in [0.1, 0.15) is 14.5 Å². The molecule has 0 aliphatic carbocycles. The fraction of sp³-hybridized carbons (Fsp3) is 0.0769. The summed E-state index contributed by atoms with van der Waals surface area (Å²) in [5, 5.41) is 7.50. The molecule has 0 aliphatic heterocycles. The number of carbonyl (C=O) groups excluding carboxylic acids is 1. The normalized spacial score (nSPS) is 12.6. The van der Waals surface area contributed by atoms with Gasteiger partial charge in [0, 0.05) is 12.2 Å². The number of esters is 1. The van der Waals surface area contributed by atoms with Crippen LogP contribution in [0.15, 0.2) is 42.7 Å². The molecule has 0 aromatic carbocycles. The maximum absolute atomic E-state index is 12.4. The van der Waals surface area contributed by atoms with Gasteiger partial charge >= 0.3 is 5.97 Å². The topological polar surface area (TPSA) is 78.6 Å². The van der Waals surface area contributed by atoms with Crippen LogP contribution in [-0.4, -0.2) is 32.9 Å². The lowest BCUT2D eigenvalue weighted by Crippen LogP contribution is -2.13. The van der Waals surface area contributed by atoms with Gasteiger partial charge < -0.3 is 9.47 Å². The highest BCUT2D eigenvalue weighted by atomic mass is 16.5. The summed E-state index contributed by atoms with van der Waals surface area (Å²) in [5.74, 6) is -1.09. The first-order valence-corrected chi connectivity index (χ1v) is 5.56. The number of nitrogens with zero attached hydrogens (tertiary/aromatic N) is 4. The Labute approximate surface area is 118 Å². The lowest BCUT2D eigenvalue weighted by Gasteiger charge is -2.07. The number of methoxy groups -OCH3 is 1. The molecule has 7 nitrogen and oxygen atoms in total. The number of fused-ring (bicyclic) bond motifs is 1. The fourth-order valence-electron chi connectivity index (χ4n) is 1.62. The van der Waals surface area contributed by atoms with Crippen LogP contribution >= 0.6 is 0 Å². The van der Waals surface area contributed by atoms with E-state index >= 15 is 0 Å². The molecule has 0 bridgehead atoms. The quantitative estimate of drug-likeness (QED) is 0.670. The molecular weight excluding hydrogens is 260 g/mol. The standard InChI is InChI=1S/C13H10N4O3/c1-19-12-10(5-3-7-14-12)13(18)20-11-6-2-4-9-8-15-16-17(9)11/h2-8H,1H3/i3D,5D,7D. The van der Waals surface area contributed by atoms with Crippen molar-refractivity contribution in [2.75, 3.05) is 7.11 Å². The Morgan fingerprint density at radius 1 is 1.45 bits per heavy atom. The van der Waals surface area contributed by atoms with E-state index in [9.17, 15) is 4.79 Å². The largest absolute Gasteiger partial charge is 0.480 e. The number of aromatic nitrogens is 4. The van der Waals surface area contributed by atoms with Crippen LogP contribution in [0.5, 0.6) is 11.8 Å². The SMILES string of the molecule is [2H]c1nc(OC)c(C(=O)Oc2cccc3cnnn23)c([2H])c1[2H]. The molecule has 3 aromatic heterocycles. The number of hydrogen-bond donors (Lipinski definition) is 0. The van der Waals surface area contributed by atoms with Gasteiger partial charge in [-0.2, -0.15) is 4.52 Å². The fourth-order valence-corrected chi connectivity index (χ4v) is 1.62. The Morgan fingerprint density at radius 3 is 3.20 bits per heavy atom. The van der Waals surface area contributed by atoms with Crippen molar-refractivity contribution < 1.29 is 18.4 Å². The smallest absolute Gasteiger partial charge is 0.350 e. The van der Waals surface area contributed by atoms with Crippen molar-refractivity contribution in [2.45, 2.75) is 0 Å². The van der Waals surface area contributed by atoms with Gasteiger partial charge in [-0.3, -0.25) is 0 Å². The molecule has 0 saturated carbocycles. The first kappa shape index (κ1) is 9.03. The van der Waals surface area contributed by atoms with E-state index in [1.165, 1.54) is 23.9 Å². The van der Waals surface area contributed by atoms with Crippen LogP contribution in [0.3, 0.4) is 0 Å². The van der Waals surface area contributed by atoms with Gasteiger partial charge in [-0.15, -0.1) is 5.10 Å². The first-order valence-electron chi connectivity index (χ1n) is 7.06. The van der Waals surface area contributed by atoms with Crippen LogP contribution in [0.4, 0.5) is 0 Å². The lowest BCUT2D eigenvalue weighted by molar-refractivity contribution is 0.0719. The van der Waals surface area contributed by atoms with E-state index in [2.05, 4.69) is 15.3 Å². The zero-order valence-electron chi connectivity index (χ0n) is 13.3. The van der Waals surface area contributed by atoms with Crippen molar-refractivity contribution in [1.29, 1.82) is 0 Å². The van der Waals surface area contributed by atoms with Gasteiger partial charge in [-0.05, 0) is 18.2 Å². The van der Waals surface area contributed by atoms with E-state index in [1.54, 1.807) is 12.1 Å². The van der Waals surface area contributed by atoms with Gasteiger partial charge in [0.05, 0.1) is 22.9 Å². The number of hydrogen-bond acceptors (Lipinski definition) is 6. The summed E-state index contributed by atoms with van der Waals surface area (Å²) in [4.78, 5) is 16.0. The third-order valence-corrected chi connectivity index (χ3v) is 2.50. The number of pyridine rings is 2. The Hall–Kier alpha value is -2.96. The monoisotopic (exact) mass is 273 g/mol. The van der Waals surface area contributed by atoms with E-state index < -0.39 is 24.2 Å². The Morgan fingerprint density at radius 2 is 2.35 bits per heavy atom. The molecule has 100 valence electrons. The zero-order chi connectivity index (χ0) is 16.6. The average molecular weight is 273 g/mol. The van der Waals surface area contributed by atoms with Gasteiger partial charge in [-0.25, -0.2) is 9.78 Å².